The Kier molecular flexibility index (Phi) is 3.69. The van der Waals surface area contributed by atoms with Crippen LogP contribution >= 0.6 is 11.3 Å². The van der Waals surface area contributed by atoms with Gasteiger partial charge in [-0.3, -0.25) is 4.79 Å². The number of carbonyl (C=O) groups is 1. The van der Waals surface area contributed by atoms with Gasteiger partial charge in [0.05, 0.1) is 22.9 Å². The molecule has 1 aliphatic rings. The number of amides is 1. The summed E-state index contributed by atoms with van der Waals surface area (Å²) in [6.45, 7) is 1.76. The molecule has 2 aromatic rings. The van der Waals surface area contributed by atoms with E-state index in [1.54, 1.807) is 13.3 Å². The topological polar surface area (TPSA) is 94.5 Å². The van der Waals surface area contributed by atoms with Gasteiger partial charge in [-0.1, -0.05) is 0 Å². The van der Waals surface area contributed by atoms with E-state index in [1.807, 2.05) is 6.07 Å². The number of methoxy groups -OCH3 is 1. The number of nitrogen functional groups attached to an aromatic ring is 1. The molecule has 0 saturated carbocycles. The molecular weight excluding hydrogens is 288 g/mol. The Morgan fingerprint density at radius 1 is 1.57 bits per heavy atom. The molecule has 3 heterocycles. The Morgan fingerprint density at radius 2 is 2.38 bits per heavy atom. The number of anilines is 2. The number of aromatic nitrogens is 1. The second kappa shape index (κ2) is 5.50. The van der Waals surface area contributed by atoms with Gasteiger partial charge in [-0.05, 0) is 18.9 Å². The third-order valence-corrected chi connectivity index (χ3v) is 5.01. The maximum absolute atomic E-state index is 11.5. The molecule has 21 heavy (non-hydrogen) atoms. The molecule has 0 radical (unpaired) electrons. The molecule has 0 aliphatic carbocycles. The molecule has 1 amide bonds. The Morgan fingerprint density at radius 3 is 3.10 bits per heavy atom. The zero-order valence-electron chi connectivity index (χ0n) is 11.8. The van der Waals surface area contributed by atoms with Crippen molar-refractivity contribution in [1.29, 1.82) is 0 Å². The number of rotatable bonds is 3. The highest BCUT2D eigenvalue weighted by Gasteiger charge is 2.24. The van der Waals surface area contributed by atoms with Gasteiger partial charge in [-0.25, -0.2) is 4.98 Å². The quantitative estimate of drug-likeness (QED) is 0.898. The second-order valence-corrected chi connectivity index (χ2v) is 6.16. The van der Waals surface area contributed by atoms with E-state index < -0.39 is 5.91 Å². The van der Waals surface area contributed by atoms with Crippen LogP contribution in [-0.4, -0.2) is 37.2 Å². The average Bonchev–Trinajstić information content (AvgIpc) is 2.85. The Bertz CT molecular complexity index is 685. The Hall–Kier alpha value is -1.86. The van der Waals surface area contributed by atoms with Crippen molar-refractivity contribution < 1.29 is 9.53 Å². The molecule has 2 aromatic heterocycles. The fourth-order valence-electron chi connectivity index (χ4n) is 2.82. The van der Waals surface area contributed by atoms with Crippen molar-refractivity contribution in [3.8, 4) is 0 Å². The predicted molar refractivity (Wildman–Crippen MR) is 84.8 cm³/mol. The molecule has 1 fully saturated rings. The number of thiophene rings is 1. The van der Waals surface area contributed by atoms with Gasteiger partial charge in [0, 0.05) is 26.4 Å². The van der Waals surface area contributed by atoms with Gasteiger partial charge in [-0.15, -0.1) is 11.3 Å². The Balaban J connectivity index is 2.08. The van der Waals surface area contributed by atoms with E-state index in [-0.39, 0.29) is 6.10 Å². The van der Waals surface area contributed by atoms with Crippen molar-refractivity contribution in [3.05, 3.63) is 17.1 Å². The Labute approximate surface area is 126 Å². The van der Waals surface area contributed by atoms with Gasteiger partial charge < -0.3 is 21.1 Å². The lowest BCUT2D eigenvalue weighted by atomic mass is 10.1. The first-order chi connectivity index (χ1) is 10.1. The first kappa shape index (κ1) is 14.1. The second-order valence-electron chi connectivity index (χ2n) is 5.17. The highest BCUT2D eigenvalue weighted by Crippen LogP contribution is 2.39. The van der Waals surface area contributed by atoms with Gasteiger partial charge in [0.15, 0.2) is 0 Å². The van der Waals surface area contributed by atoms with Crippen molar-refractivity contribution in [3.63, 3.8) is 0 Å². The monoisotopic (exact) mass is 306 g/mol. The summed E-state index contributed by atoms with van der Waals surface area (Å²) in [7, 11) is 1.74. The number of hydrogen-bond acceptors (Lipinski definition) is 6. The zero-order chi connectivity index (χ0) is 15.0. The SMILES string of the molecule is COC1CCCN(c2ccnc3sc(C(N)=O)c(N)c23)C1. The third-order valence-electron chi connectivity index (χ3n) is 3.88. The molecule has 1 atom stereocenters. The predicted octanol–water partition coefficient (Wildman–Crippen LogP) is 1.59. The molecule has 1 unspecified atom stereocenters. The van der Waals surface area contributed by atoms with Gasteiger partial charge in [0.25, 0.3) is 5.91 Å². The summed E-state index contributed by atoms with van der Waals surface area (Å²) in [5, 5.41) is 0.827. The average molecular weight is 306 g/mol. The number of carbonyl (C=O) groups excluding carboxylic acids is 1. The summed E-state index contributed by atoms with van der Waals surface area (Å²) in [5.74, 6) is -0.505. The first-order valence-corrected chi connectivity index (χ1v) is 7.68. The van der Waals surface area contributed by atoms with E-state index in [0.717, 1.165) is 41.8 Å². The van der Waals surface area contributed by atoms with Gasteiger partial charge in [-0.2, -0.15) is 0 Å². The molecule has 0 spiro atoms. The van der Waals surface area contributed by atoms with Crippen LogP contribution in [0.4, 0.5) is 11.4 Å². The number of nitrogens with zero attached hydrogens (tertiary/aromatic N) is 2. The highest BCUT2D eigenvalue weighted by atomic mass is 32.1. The van der Waals surface area contributed by atoms with Crippen molar-refractivity contribution in [2.75, 3.05) is 30.8 Å². The number of pyridine rings is 1. The largest absolute Gasteiger partial charge is 0.397 e. The summed E-state index contributed by atoms with van der Waals surface area (Å²) < 4.78 is 5.47. The number of nitrogens with two attached hydrogens (primary N) is 2. The van der Waals surface area contributed by atoms with Crippen molar-refractivity contribution >= 4 is 38.8 Å². The number of primary amides is 1. The molecular formula is C14H18N4O2S. The van der Waals surface area contributed by atoms with Crippen LogP contribution in [0.2, 0.25) is 0 Å². The number of piperidine rings is 1. The lowest BCUT2D eigenvalue weighted by Gasteiger charge is -2.34. The molecule has 6 nitrogen and oxygen atoms in total. The molecule has 7 heteroatoms. The molecule has 112 valence electrons. The smallest absolute Gasteiger partial charge is 0.260 e. The van der Waals surface area contributed by atoms with Crippen LogP contribution in [-0.2, 0) is 4.74 Å². The maximum atomic E-state index is 11.5. The van der Waals surface area contributed by atoms with E-state index in [0.29, 0.717) is 10.6 Å². The van der Waals surface area contributed by atoms with E-state index in [1.165, 1.54) is 11.3 Å². The van der Waals surface area contributed by atoms with Crippen LogP contribution in [0.15, 0.2) is 12.3 Å². The summed E-state index contributed by atoms with van der Waals surface area (Å²) in [5.41, 5.74) is 12.9. The van der Waals surface area contributed by atoms with E-state index >= 15 is 0 Å². The van der Waals surface area contributed by atoms with Crippen LogP contribution < -0.4 is 16.4 Å². The van der Waals surface area contributed by atoms with Crippen LogP contribution in [0.1, 0.15) is 22.5 Å². The van der Waals surface area contributed by atoms with E-state index in [2.05, 4.69) is 9.88 Å². The molecule has 0 aromatic carbocycles. The first-order valence-electron chi connectivity index (χ1n) is 6.86. The minimum absolute atomic E-state index is 0.220. The van der Waals surface area contributed by atoms with Crippen LogP contribution in [0.25, 0.3) is 10.2 Å². The summed E-state index contributed by atoms with van der Waals surface area (Å²) in [4.78, 5) is 19.2. The number of fused-ring (bicyclic) bond motifs is 1. The molecule has 3 rings (SSSR count). The summed E-state index contributed by atoms with van der Waals surface area (Å²) in [6, 6.07) is 1.94. The maximum Gasteiger partial charge on any atom is 0.260 e. The highest BCUT2D eigenvalue weighted by molar-refractivity contribution is 7.21. The molecule has 1 aliphatic heterocycles. The fourth-order valence-corrected chi connectivity index (χ4v) is 3.76. The van der Waals surface area contributed by atoms with Crippen molar-refractivity contribution in [2.24, 2.45) is 5.73 Å². The van der Waals surface area contributed by atoms with Crippen molar-refractivity contribution in [2.45, 2.75) is 18.9 Å². The minimum atomic E-state index is -0.505. The standard InChI is InChI=1S/C14H18N4O2S/c1-20-8-3-2-6-18(7-8)9-4-5-17-14-10(9)11(15)12(21-14)13(16)19/h4-5,8H,2-3,6-7,15H2,1H3,(H2,16,19). The van der Waals surface area contributed by atoms with Crippen LogP contribution in [0, 0.1) is 0 Å². The molecule has 0 bridgehead atoms. The van der Waals surface area contributed by atoms with Gasteiger partial charge >= 0.3 is 0 Å². The summed E-state index contributed by atoms with van der Waals surface area (Å²) in [6.07, 6.45) is 4.09. The fraction of sp³-hybridized carbons (Fsp3) is 0.429. The van der Waals surface area contributed by atoms with E-state index in [9.17, 15) is 4.79 Å². The van der Waals surface area contributed by atoms with Crippen LogP contribution in [0.3, 0.4) is 0 Å². The summed E-state index contributed by atoms with van der Waals surface area (Å²) >= 11 is 1.25. The van der Waals surface area contributed by atoms with E-state index in [4.69, 9.17) is 16.2 Å². The third kappa shape index (κ3) is 2.43. The number of ether oxygens (including phenoxy) is 1. The minimum Gasteiger partial charge on any atom is -0.397 e. The molecule has 4 N–H and O–H groups in total. The molecule has 1 saturated heterocycles. The lowest BCUT2D eigenvalue weighted by Crippen LogP contribution is -2.39. The van der Waals surface area contributed by atoms with Gasteiger partial charge in [0.2, 0.25) is 0 Å². The zero-order valence-corrected chi connectivity index (χ0v) is 12.7. The van der Waals surface area contributed by atoms with Crippen molar-refractivity contribution in [1.82, 2.24) is 4.98 Å². The number of hydrogen-bond donors (Lipinski definition) is 2. The lowest BCUT2D eigenvalue weighted by molar-refractivity contribution is 0.0894. The van der Waals surface area contributed by atoms with Crippen LogP contribution in [0.5, 0.6) is 0 Å². The van der Waals surface area contributed by atoms with Gasteiger partial charge in [0.1, 0.15) is 9.71 Å². The normalized spacial score (nSPS) is 19.1.